The Kier molecular flexibility index (Phi) is 6.59. The summed E-state index contributed by atoms with van der Waals surface area (Å²) in [5.41, 5.74) is 0. The Hall–Kier alpha value is 0.716. The van der Waals surface area contributed by atoms with Crippen LogP contribution in [0.2, 0.25) is 0 Å². The van der Waals surface area contributed by atoms with E-state index in [9.17, 15) is 9.90 Å². The van der Waals surface area contributed by atoms with E-state index in [0.717, 1.165) is 12.8 Å². The maximum absolute atomic E-state index is 9.65. The third kappa shape index (κ3) is 3.69. The van der Waals surface area contributed by atoms with Gasteiger partial charge in [0.25, 0.3) is 0 Å². The van der Waals surface area contributed by atoms with E-state index in [-0.39, 0.29) is 46.0 Å². The summed E-state index contributed by atoms with van der Waals surface area (Å²) in [6.07, 6.45) is 1.67. The van der Waals surface area contributed by atoms with Crippen LogP contribution in [-0.2, 0) is 4.79 Å². The Morgan fingerprint density at radius 2 is 1.88 bits per heavy atom. The number of carbonyl (C=O) groups is 1. The molecule has 0 atom stereocenters. The van der Waals surface area contributed by atoms with Crippen LogP contribution >= 0.6 is 0 Å². The van der Waals surface area contributed by atoms with E-state index in [2.05, 4.69) is 0 Å². The van der Waals surface area contributed by atoms with E-state index in [1.165, 1.54) is 0 Å². The van der Waals surface area contributed by atoms with Gasteiger partial charge in [-0.1, -0.05) is 0 Å². The molecular weight excluding hydrogens is 184 g/mol. The van der Waals surface area contributed by atoms with Crippen LogP contribution < -0.4 is 22.1 Å². The first-order valence-electron chi connectivity index (χ1n) is 2.01. The molecule has 1 aliphatic carbocycles. The van der Waals surface area contributed by atoms with Gasteiger partial charge < -0.3 is 26.9 Å². The summed E-state index contributed by atoms with van der Waals surface area (Å²) in [5, 5.41) is 9.65. The van der Waals surface area contributed by atoms with Crippen LogP contribution in [0, 0.1) is 5.92 Å². The quantitative estimate of drug-likeness (QED) is 0.392. The molecule has 0 saturated heterocycles. The summed E-state index contributed by atoms with van der Waals surface area (Å²) >= 11 is 0. The van der Waals surface area contributed by atoms with Gasteiger partial charge in [0, 0.05) is 5.97 Å². The third-order valence-corrected chi connectivity index (χ3v) is 0.911. The molecule has 0 N–H and O–H groups in total. The fraction of sp³-hybridized carbons (Fsp3) is 0.750. The topological polar surface area (TPSA) is 40.1 Å². The second-order valence-corrected chi connectivity index (χ2v) is 1.59. The zero-order chi connectivity index (χ0) is 4.57. The number of carboxylic acids is 1. The average Bonchev–Trinajstić information content (AvgIpc) is 2.06. The predicted octanol–water partition coefficient (Wildman–Crippen LogP) is -4.23. The van der Waals surface area contributed by atoms with Crippen LogP contribution in [0.1, 0.15) is 12.8 Å². The minimum absolute atomic E-state index is 0. The van der Waals surface area contributed by atoms with Gasteiger partial charge in [-0.15, -0.1) is 0 Å². The maximum atomic E-state index is 9.65. The van der Waals surface area contributed by atoms with E-state index in [0.29, 0.717) is 0 Å². The number of hydrogen-bond donors (Lipinski definition) is 0. The first-order chi connectivity index (χ1) is 2.80. The Morgan fingerprint density at radius 3 is 1.88 bits per heavy atom. The Morgan fingerprint density at radius 1 is 1.50 bits per heavy atom. The van der Waals surface area contributed by atoms with Crippen molar-refractivity contribution in [1.82, 2.24) is 0 Å². The van der Waals surface area contributed by atoms with Crippen molar-refractivity contribution in [1.29, 1.82) is 0 Å². The van der Waals surface area contributed by atoms with Crippen molar-refractivity contribution >= 4 is 29.0 Å². The molecule has 2 nitrogen and oxygen atoms in total. The molecule has 0 aromatic carbocycles. The molecule has 1 saturated carbocycles. The number of rotatable bonds is 1. The smallest absolute Gasteiger partial charge is 1.00 e. The van der Waals surface area contributed by atoms with Crippen molar-refractivity contribution in [2.75, 3.05) is 0 Å². The normalized spacial score (nSPS) is 15.5. The molecule has 0 aromatic rings. The summed E-state index contributed by atoms with van der Waals surface area (Å²) in [6, 6.07) is 0. The van der Waals surface area contributed by atoms with Crippen LogP contribution in [-0.4, -0.2) is 29.0 Å². The molecule has 4 heteroatoms. The molecule has 42 valence electrons. The number of carbonyl (C=O) groups excluding carboxylic acids is 1. The summed E-state index contributed by atoms with van der Waals surface area (Å²) in [5.74, 6) is -0.972. The number of aliphatic carboxylic acids is 1. The minimum atomic E-state index is -0.880. The van der Waals surface area contributed by atoms with Gasteiger partial charge in [-0.05, 0) is 18.8 Å². The molecule has 0 bridgehead atoms. The van der Waals surface area contributed by atoms with Gasteiger partial charge in [-0.3, -0.25) is 0 Å². The minimum Gasteiger partial charge on any atom is -1.00 e. The van der Waals surface area contributed by atoms with E-state index in [1.807, 2.05) is 0 Å². The zero-order valence-corrected chi connectivity index (χ0v) is 7.39. The standard InChI is InChI=1S/C4H6O2.BrH.Mg/c5-4(6)3-1-2-3;;/h3H,1-2H2,(H,5,6);1H;/q;;+2/p-2. The maximum Gasteiger partial charge on any atom is 2.00 e. The van der Waals surface area contributed by atoms with E-state index < -0.39 is 5.97 Å². The fourth-order valence-electron chi connectivity index (χ4n) is 0.319. The number of halogens is 1. The van der Waals surface area contributed by atoms with Gasteiger partial charge in [0.1, 0.15) is 0 Å². The average molecular weight is 189 g/mol. The number of carboxylic acid groups (broad SMARTS) is 1. The van der Waals surface area contributed by atoms with Gasteiger partial charge in [0.2, 0.25) is 0 Å². The number of hydrogen-bond acceptors (Lipinski definition) is 2. The molecule has 8 heavy (non-hydrogen) atoms. The van der Waals surface area contributed by atoms with Gasteiger partial charge in [-0.2, -0.15) is 0 Å². The van der Waals surface area contributed by atoms with Crippen molar-refractivity contribution in [3.8, 4) is 0 Å². The van der Waals surface area contributed by atoms with Gasteiger partial charge in [-0.25, -0.2) is 0 Å². The van der Waals surface area contributed by atoms with Crippen molar-refractivity contribution in [3.63, 3.8) is 0 Å². The molecule has 0 spiro atoms. The van der Waals surface area contributed by atoms with Crippen LogP contribution in [0.3, 0.4) is 0 Å². The van der Waals surface area contributed by atoms with Crippen molar-refractivity contribution < 1.29 is 26.9 Å². The van der Waals surface area contributed by atoms with E-state index in [1.54, 1.807) is 0 Å². The summed E-state index contributed by atoms with van der Waals surface area (Å²) in [4.78, 5) is 9.65. The molecule has 1 rings (SSSR count). The van der Waals surface area contributed by atoms with E-state index >= 15 is 0 Å². The molecule has 0 heterocycles. The largest absolute Gasteiger partial charge is 2.00 e. The zero-order valence-electron chi connectivity index (χ0n) is 4.39. The first kappa shape index (κ1) is 11.5. The van der Waals surface area contributed by atoms with Crippen molar-refractivity contribution in [2.24, 2.45) is 5.92 Å². The third-order valence-electron chi connectivity index (χ3n) is 0.911. The molecule has 1 aliphatic rings. The van der Waals surface area contributed by atoms with Gasteiger partial charge in [0.15, 0.2) is 0 Å². The van der Waals surface area contributed by atoms with Crippen molar-refractivity contribution in [3.05, 3.63) is 0 Å². The van der Waals surface area contributed by atoms with Crippen molar-refractivity contribution in [2.45, 2.75) is 12.8 Å². The van der Waals surface area contributed by atoms with Gasteiger partial charge in [0.05, 0.1) is 0 Å². The summed E-state index contributed by atoms with van der Waals surface area (Å²) < 4.78 is 0. The Balaban J connectivity index is 0. The molecule has 0 aromatic heterocycles. The molecule has 0 unspecified atom stereocenters. The SMILES string of the molecule is O=C([O-])C1CC1.[Br-].[Mg+2]. The monoisotopic (exact) mass is 188 g/mol. The summed E-state index contributed by atoms with van der Waals surface area (Å²) in [6.45, 7) is 0. The van der Waals surface area contributed by atoms with Crippen LogP contribution in [0.15, 0.2) is 0 Å². The fourth-order valence-corrected chi connectivity index (χ4v) is 0.319. The second-order valence-electron chi connectivity index (χ2n) is 1.59. The summed E-state index contributed by atoms with van der Waals surface area (Å²) in [7, 11) is 0. The molecular formula is C4H5BrMgO2. The van der Waals surface area contributed by atoms with E-state index in [4.69, 9.17) is 0 Å². The predicted molar refractivity (Wildman–Crippen MR) is 23.5 cm³/mol. The van der Waals surface area contributed by atoms with Crippen LogP contribution in [0.25, 0.3) is 0 Å². The Labute approximate surface area is 74.6 Å². The second kappa shape index (κ2) is 4.58. The van der Waals surface area contributed by atoms with Gasteiger partial charge >= 0.3 is 23.1 Å². The molecule has 1 fully saturated rings. The van der Waals surface area contributed by atoms with Crippen LogP contribution in [0.4, 0.5) is 0 Å². The Bertz CT molecular complexity index is 82.1. The van der Waals surface area contributed by atoms with Crippen LogP contribution in [0.5, 0.6) is 0 Å². The molecule has 0 amide bonds. The first-order valence-corrected chi connectivity index (χ1v) is 2.01. The molecule has 0 radical (unpaired) electrons. The molecule has 0 aliphatic heterocycles.